The Morgan fingerprint density at radius 3 is 2.55 bits per heavy atom. The van der Waals surface area contributed by atoms with Crippen molar-refractivity contribution in [1.29, 1.82) is 0 Å². The van der Waals surface area contributed by atoms with Crippen LogP contribution in [0.1, 0.15) is 29.6 Å². The molecule has 8 heteroatoms. The van der Waals surface area contributed by atoms with Crippen LogP contribution < -0.4 is 10.5 Å². The topological polar surface area (TPSA) is 89.3 Å². The SMILES string of the molecule is NS(=O)(=O)c1cc(F)cc(C(=O)NCCC2CC2)c1F. The van der Waals surface area contributed by atoms with Crippen LogP contribution in [0, 0.1) is 17.6 Å². The number of sulfonamides is 1. The van der Waals surface area contributed by atoms with Crippen molar-refractivity contribution in [1.82, 2.24) is 5.32 Å². The Morgan fingerprint density at radius 2 is 2.00 bits per heavy atom. The number of nitrogens with two attached hydrogens (primary N) is 1. The van der Waals surface area contributed by atoms with Gasteiger partial charge in [0, 0.05) is 6.54 Å². The smallest absolute Gasteiger partial charge is 0.254 e. The van der Waals surface area contributed by atoms with Crippen LogP contribution in [0.4, 0.5) is 8.78 Å². The predicted molar refractivity (Wildman–Crippen MR) is 67.4 cm³/mol. The Labute approximate surface area is 115 Å². The number of nitrogens with one attached hydrogen (secondary N) is 1. The van der Waals surface area contributed by atoms with Gasteiger partial charge in [-0.05, 0) is 24.5 Å². The van der Waals surface area contributed by atoms with Crippen molar-refractivity contribution < 1.29 is 22.0 Å². The lowest BCUT2D eigenvalue weighted by atomic mass is 10.2. The lowest BCUT2D eigenvalue weighted by Gasteiger charge is -2.08. The molecule has 0 aromatic heterocycles. The fourth-order valence-electron chi connectivity index (χ4n) is 1.83. The molecule has 5 nitrogen and oxygen atoms in total. The molecule has 1 amide bonds. The van der Waals surface area contributed by atoms with Crippen molar-refractivity contribution in [3.63, 3.8) is 0 Å². The zero-order valence-corrected chi connectivity index (χ0v) is 11.3. The van der Waals surface area contributed by atoms with Crippen LogP contribution in [-0.2, 0) is 10.0 Å². The van der Waals surface area contributed by atoms with Gasteiger partial charge in [-0.2, -0.15) is 0 Å². The Kier molecular flexibility index (Phi) is 4.05. The van der Waals surface area contributed by atoms with Crippen LogP contribution in [-0.4, -0.2) is 20.9 Å². The van der Waals surface area contributed by atoms with Gasteiger partial charge >= 0.3 is 0 Å². The van der Waals surface area contributed by atoms with Gasteiger partial charge in [-0.3, -0.25) is 4.79 Å². The molecule has 2 rings (SSSR count). The molecular formula is C12H14F2N2O3S. The van der Waals surface area contributed by atoms with E-state index in [2.05, 4.69) is 5.32 Å². The van der Waals surface area contributed by atoms with E-state index in [0.29, 0.717) is 24.6 Å². The quantitative estimate of drug-likeness (QED) is 0.855. The van der Waals surface area contributed by atoms with E-state index >= 15 is 0 Å². The number of primary sulfonamides is 1. The molecule has 0 aliphatic heterocycles. The lowest BCUT2D eigenvalue weighted by Crippen LogP contribution is -2.27. The second kappa shape index (κ2) is 5.45. The third-order valence-electron chi connectivity index (χ3n) is 3.09. The minimum Gasteiger partial charge on any atom is -0.352 e. The summed E-state index contributed by atoms with van der Waals surface area (Å²) in [6.45, 7) is 0.337. The van der Waals surface area contributed by atoms with Gasteiger partial charge in [0.25, 0.3) is 5.91 Å². The average Bonchev–Trinajstić information content (AvgIpc) is 3.14. The molecule has 110 valence electrons. The molecule has 0 heterocycles. The van der Waals surface area contributed by atoms with Gasteiger partial charge in [0.15, 0.2) is 5.82 Å². The number of amides is 1. The van der Waals surface area contributed by atoms with Crippen molar-refractivity contribution in [3.05, 3.63) is 29.3 Å². The third kappa shape index (κ3) is 3.51. The number of halogens is 2. The second-order valence-electron chi connectivity index (χ2n) is 4.80. The normalized spacial score (nSPS) is 15.2. The summed E-state index contributed by atoms with van der Waals surface area (Å²) >= 11 is 0. The molecule has 1 aromatic rings. The van der Waals surface area contributed by atoms with E-state index < -0.39 is 38.0 Å². The summed E-state index contributed by atoms with van der Waals surface area (Å²) in [5.74, 6) is -2.65. The maximum absolute atomic E-state index is 13.9. The van der Waals surface area contributed by atoms with E-state index in [1.807, 2.05) is 0 Å². The Bertz CT molecular complexity index is 642. The summed E-state index contributed by atoms with van der Waals surface area (Å²) in [4.78, 5) is 10.7. The Morgan fingerprint density at radius 1 is 1.35 bits per heavy atom. The predicted octanol–water partition coefficient (Wildman–Crippen LogP) is 1.14. The molecule has 0 atom stereocenters. The van der Waals surface area contributed by atoms with Crippen LogP contribution in [0.3, 0.4) is 0 Å². The van der Waals surface area contributed by atoms with Gasteiger partial charge < -0.3 is 5.32 Å². The molecule has 0 saturated heterocycles. The first-order valence-corrected chi connectivity index (χ1v) is 7.63. The summed E-state index contributed by atoms with van der Waals surface area (Å²) in [7, 11) is -4.43. The number of benzene rings is 1. The average molecular weight is 304 g/mol. The van der Waals surface area contributed by atoms with Crippen molar-refractivity contribution >= 4 is 15.9 Å². The standard InChI is InChI=1S/C12H14F2N2O3S/c13-8-5-9(11(14)10(6-8)20(15,18)19)12(17)16-4-3-7-1-2-7/h5-7H,1-4H2,(H,16,17)(H2,15,18,19). The number of hydrogen-bond donors (Lipinski definition) is 2. The maximum Gasteiger partial charge on any atom is 0.254 e. The van der Waals surface area contributed by atoms with Crippen LogP contribution in [0.2, 0.25) is 0 Å². The minimum atomic E-state index is -4.43. The summed E-state index contributed by atoms with van der Waals surface area (Å²) in [5, 5.41) is 7.21. The maximum atomic E-state index is 13.9. The first-order chi connectivity index (χ1) is 9.29. The molecule has 0 radical (unpaired) electrons. The van der Waals surface area contributed by atoms with E-state index in [1.165, 1.54) is 0 Å². The number of hydrogen-bond acceptors (Lipinski definition) is 3. The molecule has 1 aliphatic rings. The molecule has 0 unspecified atom stereocenters. The zero-order chi connectivity index (χ0) is 14.9. The van der Waals surface area contributed by atoms with Gasteiger partial charge in [-0.1, -0.05) is 12.8 Å². The van der Waals surface area contributed by atoms with Crippen molar-refractivity contribution in [2.24, 2.45) is 11.1 Å². The summed E-state index contributed by atoms with van der Waals surface area (Å²) in [6.07, 6.45) is 2.99. The van der Waals surface area contributed by atoms with Crippen molar-refractivity contribution in [2.45, 2.75) is 24.2 Å². The van der Waals surface area contributed by atoms with Crippen molar-refractivity contribution in [2.75, 3.05) is 6.54 Å². The highest BCUT2D eigenvalue weighted by Gasteiger charge is 2.24. The lowest BCUT2D eigenvalue weighted by molar-refractivity contribution is 0.0947. The van der Waals surface area contributed by atoms with Gasteiger partial charge in [0.1, 0.15) is 10.7 Å². The highest BCUT2D eigenvalue weighted by molar-refractivity contribution is 7.89. The van der Waals surface area contributed by atoms with E-state index in [0.717, 1.165) is 19.3 Å². The summed E-state index contributed by atoms with van der Waals surface area (Å²) in [6, 6.07) is 1.10. The molecular weight excluding hydrogens is 290 g/mol. The molecule has 1 saturated carbocycles. The third-order valence-corrected chi connectivity index (χ3v) is 4.00. The molecule has 0 spiro atoms. The van der Waals surface area contributed by atoms with E-state index in [-0.39, 0.29) is 0 Å². The van der Waals surface area contributed by atoms with Gasteiger partial charge in [-0.25, -0.2) is 22.3 Å². The molecule has 20 heavy (non-hydrogen) atoms. The highest BCUT2D eigenvalue weighted by Crippen LogP contribution is 2.31. The fourth-order valence-corrected chi connectivity index (χ4v) is 2.46. The largest absolute Gasteiger partial charge is 0.352 e. The fraction of sp³-hybridized carbons (Fsp3) is 0.417. The van der Waals surface area contributed by atoms with Gasteiger partial charge in [0.2, 0.25) is 10.0 Å². The first-order valence-electron chi connectivity index (χ1n) is 6.09. The molecule has 1 fully saturated rings. The van der Waals surface area contributed by atoms with Gasteiger partial charge in [-0.15, -0.1) is 0 Å². The van der Waals surface area contributed by atoms with Gasteiger partial charge in [0.05, 0.1) is 5.56 Å². The molecule has 1 aromatic carbocycles. The van der Waals surface area contributed by atoms with E-state index in [9.17, 15) is 22.0 Å². The summed E-state index contributed by atoms with van der Waals surface area (Å²) < 4.78 is 49.5. The Balaban J connectivity index is 2.21. The zero-order valence-electron chi connectivity index (χ0n) is 10.5. The van der Waals surface area contributed by atoms with Crippen LogP contribution >= 0.6 is 0 Å². The van der Waals surface area contributed by atoms with Crippen LogP contribution in [0.15, 0.2) is 17.0 Å². The van der Waals surface area contributed by atoms with Crippen LogP contribution in [0.5, 0.6) is 0 Å². The number of rotatable bonds is 5. The molecule has 3 N–H and O–H groups in total. The Hall–Kier alpha value is -1.54. The van der Waals surface area contributed by atoms with E-state index in [1.54, 1.807) is 0 Å². The second-order valence-corrected chi connectivity index (χ2v) is 6.33. The number of carbonyl (C=O) groups excluding carboxylic acids is 1. The molecule has 0 bridgehead atoms. The highest BCUT2D eigenvalue weighted by atomic mass is 32.2. The first kappa shape index (κ1) is 14.9. The minimum absolute atomic E-state index is 0.337. The van der Waals surface area contributed by atoms with Crippen LogP contribution in [0.25, 0.3) is 0 Å². The molecule has 1 aliphatic carbocycles. The van der Waals surface area contributed by atoms with Crippen molar-refractivity contribution in [3.8, 4) is 0 Å². The number of carbonyl (C=O) groups is 1. The summed E-state index contributed by atoms with van der Waals surface area (Å²) in [5.41, 5.74) is -0.662. The van der Waals surface area contributed by atoms with E-state index in [4.69, 9.17) is 5.14 Å². The monoisotopic (exact) mass is 304 g/mol.